The van der Waals surface area contributed by atoms with Crippen molar-refractivity contribution < 1.29 is 18.3 Å². The number of esters is 1. The van der Waals surface area contributed by atoms with Crippen LogP contribution < -0.4 is 0 Å². The summed E-state index contributed by atoms with van der Waals surface area (Å²) in [6, 6.07) is 0. The Labute approximate surface area is 90.4 Å². The van der Waals surface area contributed by atoms with Gasteiger partial charge in [-0.1, -0.05) is 0 Å². The van der Waals surface area contributed by atoms with Crippen molar-refractivity contribution in [1.29, 1.82) is 0 Å². The first-order valence-corrected chi connectivity index (χ1v) is 4.98. The van der Waals surface area contributed by atoms with Crippen molar-refractivity contribution in [3.8, 4) is 0 Å². The van der Waals surface area contributed by atoms with Gasteiger partial charge in [0.1, 0.15) is 0 Å². The monoisotopic (exact) mass is 231 g/mol. The van der Waals surface area contributed by atoms with Gasteiger partial charge in [-0.2, -0.15) is 9.90 Å². The van der Waals surface area contributed by atoms with Crippen molar-refractivity contribution in [1.82, 2.24) is 15.0 Å². The van der Waals surface area contributed by atoms with Crippen LogP contribution >= 0.6 is 0 Å². The molecule has 16 heavy (non-hydrogen) atoms. The quantitative estimate of drug-likeness (QED) is 0.728. The van der Waals surface area contributed by atoms with Crippen LogP contribution in [0.4, 0.5) is 8.78 Å². The number of halogens is 2. The maximum atomic E-state index is 12.6. The molecule has 0 radical (unpaired) electrons. The zero-order valence-corrected chi connectivity index (χ0v) is 8.69. The van der Waals surface area contributed by atoms with Crippen molar-refractivity contribution in [3.63, 3.8) is 0 Å². The van der Waals surface area contributed by atoms with Gasteiger partial charge >= 0.3 is 5.97 Å². The molecule has 1 atom stereocenters. The fraction of sp³-hybridized carbons (Fsp3) is 0.667. The van der Waals surface area contributed by atoms with Gasteiger partial charge in [-0.25, -0.2) is 13.6 Å². The predicted molar refractivity (Wildman–Crippen MR) is 49.0 cm³/mol. The van der Waals surface area contributed by atoms with Gasteiger partial charge < -0.3 is 4.74 Å². The number of rotatable bonds is 4. The molecule has 0 aromatic carbocycles. The molecule has 1 aliphatic rings. The van der Waals surface area contributed by atoms with Crippen LogP contribution in [0.3, 0.4) is 0 Å². The first kappa shape index (κ1) is 11.0. The van der Waals surface area contributed by atoms with E-state index in [1.54, 1.807) is 6.92 Å². The Morgan fingerprint density at radius 1 is 1.75 bits per heavy atom. The molecule has 0 N–H and O–H groups in total. The van der Waals surface area contributed by atoms with Crippen LogP contribution in [0.1, 0.15) is 23.8 Å². The molecule has 0 spiro atoms. The molecule has 1 unspecified atom stereocenters. The number of hydrogen-bond donors (Lipinski definition) is 0. The van der Waals surface area contributed by atoms with Gasteiger partial charge in [0.25, 0.3) is 5.92 Å². The van der Waals surface area contributed by atoms with E-state index in [1.165, 1.54) is 6.20 Å². The molecule has 7 heteroatoms. The normalized spacial score (nSPS) is 21.8. The average molecular weight is 231 g/mol. The second-order valence-corrected chi connectivity index (χ2v) is 3.67. The van der Waals surface area contributed by atoms with E-state index in [2.05, 4.69) is 10.2 Å². The third-order valence-corrected chi connectivity index (χ3v) is 2.36. The van der Waals surface area contributed by atoms with Gasteiger partial charge in [0.2, 0.25) is 0 Å². The van der Waals surface area contributed by atoms with Gasteiger partial charge in [0.05, 0.1) is 19.3 Å². The molecule has 1 fully saturated rings. The highest BCUT2D eigenvalue weighted by Gasteiger charge is 2.57. The smallest absolute Gasteiger partial charge is 0.360 e. The first-order chi connectivity index (χ1) is 7.53. The summed E-state index contributed by atoms with van der Waals surface area (Å²) in [5.74, 6) is -3.90. The molecule has 2 rings (SSSR count). The summed E-state index contributed by atoms with van der Waals surface area (Å²) in [4.78, 5) is 12.3. The Morgan fingerprint density at radius 3 is 3.00 bits per heavy atom. The number of carbonyl (C=O) groups excluding carboxylic acids is 1. The fourth-order valence-electron chi connectivity index (χ4n) is 1.35. The SMILES string of the molecule is CCOC(=O)c1cnn(CC2CC2(F)F)n1. The summed E-state index contributed by atoms with van der Waals surface area (Å²) >= 11 is 0. The van der Waals surface area contributed by atoms with Gasteiger partial charge in [-0.05, 0) is 6.92 Å². The van der Waals surface area contributed by atoms with Crippen molar-refractivity contribution in [2.75, 3.05) is 6.61 Å². The summed E-state index contributed by atoms with van der Waals surface area (Å²) in [5.41, 5.74) is 0.0471. The Bertz CT molecular complexity index is 405. The minimum Gasteiger partial charge on any atom is -0.461 e. The van der Waals surface area contributed by atoms with Crippen molar-refractivity contribution in [2.24, 2.45) is 5.92 Å². The summed E-state index contributed by atoms with van der Waals surface area (Å²) in [5, 5.41) is 7.51. The Hall–Kier alpha value is -1.53. The molecule has 5 nitrogen and oxygen atoms in total. The predicted octanol–water partition coefficient (Wildman–Crippen LogP) is 1.11. The van der Waals surface area contributed by atoms with Crippen LogP contribution in [0.15, 0.2) is 6.20 Å². The van der Waals surface area contributed by atoms with E-state index < -0.39 is 17.8 Å². The van der Waals surface area contributed by atoms with Crippen LogP contribution in [0.2, 0.25) is 0 Å². The maximum Gasteiger partial charge on any atom is 0.360 e. The summed E-state index contributed by atoms with van der Waals surface area (Å²) in [6.07, 6.45) is 1.09. The Morgan fingerprint density at radius 2 is 2.44 bits per heavy atom. The number of ether oxygens (including phenoxy) is 1. The van der Waals surface area contributed by atoms with Crippen LogP contribution in [-0.4, -0.2) is 33.5 Å². The second-order valence-electron chi connectivity index (χ2n) is 3.67. The zero-order chi connectivity index (χ0) is 11.8. The Balaban J connectivity index is 1.95. The molecular weight excluding hydrogens is 220 g/mol. The van der Waals surface area contributed by atoms with Crippen LogP contribution in [0, 0.1) is 5.92 Å². The minimum absolute atomic E-state index is 0.0341. The van der Waals surface area contributed by atoms with E-state index in [4.69, 9.17) is 4.74 Å². The van der Waals surface area contributed by atoms with Crippen LogP contribution in [-0.2, 0) is 11.3 Å². The van der Waals surface area contributed by atoms with Crippen molar-refractivity contribution in [3.05, 3.63) is 11.9 Å². The summed E-state index contributed by atoms with van der Waals surface area (Å²) < 4.78 is 29.9. The molecule has 1 aromatic rings. The lowest BCUT2D eigenvalue weighted by Crippen LogP contribution is -2.10. The minimum atomic E-state index is -2.60. The number of alkyl halides is 2. The number of carbonyl (C=O) groups is 1. The van der Waals surface area contributed by atoms with Crippen molar-refractivity contribution in [2.45, 2.75) is 25.8 Å². The van der Waals surface area contributed by atoms with Gasteiger partial charge in [0, 0.05) is 12.3 Å². The molecule has 1 saturated carbocycles. The second kappa shape index (κ2) is 3.80. The summed E-state index contributed by atoms with van der Waals surface area (Å²) in [7, 11) is 0. The van der Waals surface area contributed by atoms with Gasteiger partial charge in [-0.15, -0.1) is 5.10 Å². The van der Waals surface area contributed by atoms with Crippen LogP contribution in [0.5, 0.6) is 0 Å². The van der Waals surface area contributed by atoms with E-state index >= 15 is 0 Å². The molecule has 0 amide bonds. The zero-order valence-electron chi connectivity index (χ0n) is 8.69. The van der Waals surface area contributed by atoms with Gasteiger partial charge in [-0.3, -0.25) is 0 Å². The highest BCUT2D eigenvalue weighted by atomic mass is 19.3. The Kier molecular flexibility index (Phi) is 2.61. The third kappa shape index (κ3) is 2.17. The van der Waals surface area contributed by atoms with E-state index in [0.717, 1.165) is 4.80 Å². The molecule has 0 saturated heterocycles. The third-order valence-electron chi connectivity index (χ3n) is 2.36. The molecular formula is C9H11F2N3O2. The molecule has 88 valence electrons. The number of hydrogen-bond acceptors (Lipinski definition) is 4. The molecule has 1 aliphatic carbocycles. The molecule has 1 heterocycles. The number of nitrogens with zero attached hydrogens (tertiary/aromatic N) is 3. The summed E-state index contributed by atoms with van der Waals surface area (Å²) in [6.45, 7) is 1.95. The lowest BCUT2D eigenvalue weighted by Gasteiger charge is -1.98. The number of aromatic nitrogens is 3. The largest absolute Gasteiger partial charge is 0.461 e. The van der Waals surface area contributed by atoms with E-state index in [9.17, 15) is 13.6 Å². The lowest BCUT2D eigenvalue weighted by molar-refractivity contribution is 0.0518. The molecule has 0 aliphatic heterocycles. The standard InChI is InChI=1S/C9H11F2N3O2/c1-2-16-8(15)7-4-12-14(13-7)5-6-3-9(6,10)11/h4,6H,2-3,5H2,1H3. The van der Waals surface area contributed by atoms with Gasteiger partial charge in [0.15, 0.2) is 5.69 Å². The maximum absolute atomic E-state index is 12.6. The average Bonchev–Trinajstić information content (AvgIpc) is 2.65. The lowest BCUT2D eigenvalue weighted by atomic mass is 10.4. The van der Waals surface area contributed by atoms with Crippen molar-refractivity contribution >= 4 is 5.97 Å². The highest BCUT2D eigenvalue weighted by Crippen LogP contribution is 2.49. The fourth-order valence-corrected chi connectivity index (χ4v) is 1.35. The molecule has 1 aromatic heterocycles. The molecule has 0 bridgehead atoms. The topological polar surface area (TPSA) is 57.0 Å². The van der Waals surface area contributed by atoms with Crippen LogP contribution in [0.25, 0.3) is 0 Å². The van der Waals surface area contributed by atoms with E-state index in [-0.39, 0.29) is 25.3 Å². The highest BCUT2D eigenvalue weighted by molar-refractivity contribution is 5.86. The first-order valence-electron chi connectivity index (χ1n) is 4.98. The van der Waals surface area contributed by atoms with E-state index in [1.807, 2.05) is 0 Å². The van der Waals surface area contributed by atoms with E-state index in [0.29, 0.717) is 0 Å².